The third-order valence-electron chi connectivity index (χ3n) is 5.47. The van der Waals surface area contributed by atoms with Gasteiger partial charge in [-0.15, -0.1) is 0 Å². The summed E-state index contributed by atoms with van der Waals surface area (Å²) in [4.78, 5) is 14.2. The van der Waals surface area contributed by atoms with Gasteiger partial charge in [-0.25, -0.2) is 8.42 Å². The minimum absolute atomic E-state index is 0.0684. The maximum Gasteiger partial charge on any atom is 0.391 e. The van der Waals surface area contributed by atoms with Gasteiger partial charge in [-0.1, -0.05) is 24.1 Å². The quantitative estimate of drug-likeness (QED) is 0.725. The van der Waals surface area contributed by atoms with Crippen LogP contribution in [-0.2, 0) is 14.8 Å². The van der Waals surface area contributed by atoms with E-state index in [1.165, 1.54) is 21.3 Å². The van der Waals surface area contributed by atoms with Gasteiger partial charge in [0.25, 0.3) is 0 Å². The van der Waals surface area contributed by atoms with Crippen LogP contribution < -0.4 is 0 Å². The second-order valence-electron chi connectivity index (χ2n) is 7.29. The van der Waals surface area contributed by atoms with Crippen molar-refractivity contribution >= 4 is 27.5 Å². The molecule has 3 rings (SSSR count). The zero-order valence-corrected chi connectivity index (χ0v) is 16.7. The Labute approximate surface area is 167 Å². The van der Waals surface area contributed by atoms with Crippen LogP contribution in [0.15, 0.2) is 29.2 Å². The first-order valence-corrected chi connectivity index (χ1v) is 11.0. The lowest BCUT2D eigenvalue weighted by molar-refractivity contribution is -0.187. The Kier molecular flexibility index (Phi) is 6.26. The third-order valence-corrected chi connectivity index (χ3v) is 7.60. The Balaban J connectivity index is 1.61. The number of sulfonamides is 1. The number of hydrogen-bond acceptors (Lipinski definition) is 3. The highest BCUT2D eigenvalue weighted by Gasteiger charge is 2.44. The van der Waals surface area contributed by atoms with Crippen LogP contribution in [0.4, 0.5) is 13.2 Å². The van der Waals surface area contributed by atoms with Gasteiger partial charge in [-0.05, 0) is 37.5 Å². The van der Waals surface area contributed by atoms with Gasteiger partial charge in [0.05, 0.1) is 10.8 Å². The standard InChI is InChI=1S/C18H22ClF3N2O3S/c19-15-5-2-6-16(12-15)28(26,27)24-9-7-23(8-10-24)17(25)13-3-1-4-14(11-13)18(20,21)22/h2,5-6,12-14H,1,3-4,7-11H2/t13-,14+/m0/s1. The van der Waals surface area contributed by atoms with Crippen LogP contribution in [0.25, 0.3) is 0 Å². The summed E-state index contributed by atoms with van der Waals surface area (Å²) in [5, 5.41) is 0.311. The molecule has 0 bridgehead atoms. The Morgan fingerprint density at radius 2 is 1.79 bits per heavy atom. The molecule has 0 unspecified atom stereocenters. The van der Waals surface area contributed by atoms with E-state index in [9.17, 15) is 26.4 Å². The van der Waals surface area contributed by atoms with Gasteiger partial charge in [0.1, 0.15) is 0 Å². The lowest BCUT2D eigenvalue weighted by Gasteiger charge is -2.38. The number of hydrogen-bond donors (Lipinski definition) is 0. The number of rotatable bonds is 3. The van der Waals surface area contributed by atoms with Gasteiger partial charge >= 0.3 is 6.18 Å². The minimum atomic E-state index is -4.28. The van der Waals surface area contributed by atoms with Gasteiger partial charge in [-0.2, -0.15) is 17.5 Å². The average molecular weight is 439 g/mol. The molecule has 0 aromatic heterocycles. The van der Waals surface area contributed by atoms with Gasteiger partial charge in [-0.3, -0.25) is 4.79 Å². The van der Waals surface area contributed by atoms with E-state index < -0.39 is 28.0 Å². The van der Waals surface area contributed by atoms with Gasteiger partial charge in [0.15, 0.2) is 0 Å². The van der Waals surface area contributed by atoms with Crippen molar-refractivity contribution in [3.8, 4) is 0 Å². The van der Waals surface area contributed by atoms with E-state index in [1.54, 1.807) is 12.1 Å². The van der Waals surface area contributed by atoms with Crippen LogP contribution >= 0.6 is 11.6 Å². The molecule has 2 atom stereocenters. The summed E-state index contributed by atoms with van der Waals surface area (Å²) in [6.45, 7) is 0.559. The van der Waals surface area contributed by atoms with Crippen LogP contribution in [0.1, 0.15) is 25.7 Å². The molecule has 2 fully saturated rings. The molecule has 10 heteroatoms. The molecule has 2 aliphatic rings. The first kappa shape index (κ1) is 21.4. The summed E-state index contributed by atoms with van der Waals surface area (Å²) in [6, 6.07) is 5.95. The lowest BCUT2D eigenvalue weighted by Crippen LogP contribution is -2.52. The number of piperazine rings is 1. The predicted octanol–water partition coefficient (Wildman–Crippen LogP) is 3.54. The number of nitrogens with zero attached hydrogens (tertiary/aromatic N) is 2. The first-order chi connectivity index (χ1) is 13.1. The summed E-state index contributed by atoms with van der Waals surface area (Å²) >= 11 is 5.87. The van der Waals surface area contributed by atoms with Crippen LogP contribution in [0, 0.1) is 11.8 Å². The number of halogens is 4. The molecular formula is C18H22ClF3N2O3S. The molecule has 1 saturated heterocycles. The van der Waals surface area contributed by atoms with Crippen molar-refractivity contribution in [3.63, 3.8) is 0 Å². The largest absolute Gasteiger partial charge is 0.391 e. The van der Waals surface area contributed by atoms with Gasteiger partial charge < -0.3 is 4.90 Å². The summed E-state index contributed by atoms with van der Waals surface area (Å²) < 4.78 is 65.7. The van der Waals surface area contributed by atoms with Crippen LogP contribution in [0.5, 0.6) is 0 Å². The molecule has 5 nitrogen and oxygen atoms in total. The fraction of sp³-hybridized carbons (Fsp3) is 0.611. The monoisotopic (exact) mass is 438 g/mol. The van der Waals surface area contributed by atoms with Crippen LogP contribution in [-0.4, -0.2) is 55.9 Å². The molecule has 156 valence electrons. The van der Waals surface area contributed by atoms with E-state index in [-0.39, 0.29) is 49.8 Å². The number of carbonyl (C=O) groups excluding carboxylic acids is 1. The molecule has 1 aliphatic carbocycles. The van der Waals surface area contributed by atoms with Gasteiger partial charge in [0.2, 0.25) is 15.9 Å². The SMILES string of the molecule is O=C([C@H]1CCC[C@@H](C(F)(F)F)C1)N1CCN(S(=O)(=O)c2cccc(Cl)c2)CC1. The van der Waals surface area contributed by atoms with E-state index >= 15 is 0 Å². The molecule has 0 N–H and O–H groups in total. The second kappa shape index (κ2) is 8.20. The summed E-state index contributed by atoms with van der Waals surface area (Å²) in [6.07, 6.45) is -3.55. The number of benzene rings is 1. The fourth-order valence-corrected chi connectivity index (χ4v) is 5.62. The zero-order valence-electron chi connectivity index (χ0n) is 15.2. The van der Waals surface area contributed by atoms with E-state index in [0.717, 1.165) is 0 Å². The molecule has 1 aromatic carbocycles. The van der Waals surface area contributed by atoms with E-state index in [2.05, 4.69) is 0 Å². The molecular weight excluding hydrogens is 417 g/mol. The van der Waals surface area contributed by atoms with Crippen molar-refractivity contribution < 1.29 is 26.4 Å². The molecule has 1 aromatic rings. The molecule has 1 amide bonds. The smallest absolute Gasteiger partial charge is 0.340 e. The molecule has 1 heterocycles. The van der Waals surface area contributed by atoms with Crippen molar-refractivity contribution in [3.05, 3.63) is 29.3 Å². The number of amides is 1. The lowest BCUT2D eigenvalue weighted by atomic mass is 9.80. The van der Waals surface area contributed by atoms with Crippen LogP contribution in [0.2, 0.25) is 5.02 Å². The fourth-order valence-electron chi connectivity index (χ4n) is 3.89. The molecule has 28 heavy (non-hydrogen) atoms. The average Bonchev–Trinajstić information content (AvgIpc) is 2.67. The van der Waals surface area contributed by atoms with Crippen molar-refractivity contribution in [1.82, 2.24) is 9.21 Å². The minimum Gasteiger partial charge on any atom is -0.340 e. The normalized spacial score (nSPS) is 24.9. The van der Waals surface area contributed by atoms with E-state index in [0.29, 0.717) is 17.9 Å². The summed E-state index contributed by atoms with van der Waals surface area (Å²) in [5.74, 6) is -2.37. The molecule has 1 saturated carbocycles. The Bertz CT molecular complexity index is 824. The van der Waals surface area contributed by atoms with Gasteiger partial charge in [0, 0.05) is 37.1 Å². The Morgan fingerprint density at radius 3 is 2.39 bits per heavy atom. The van der Waals surface area contributed by atoms with Crippen molar-refractivity contribution in [2.45, 2.75) is 36.8 Å². The maximum atomic E-state index is 13.0. The number of alkyl halides is 3. The van der Waals surface area contributed by atoms with E-state index in [4.69, 9.17) is 11.6 Å². The highest BCUT2D eigenvalue weighted by Crippen LogP contribution is 2.40. The Hall–Kier alpha value is -1.32. The van der Waals surface area contributed by atoms with Crippen LogP contribution in [0.3, 0.4) is 0 Å². The number of carbonyl (C=O) groups is 1. The second-order valence-corrected chi connectivity index (χ2v) is 9.66. The van der Waals surface area contributed by atoms with Crippen molar-refractivity contribution in [2.24, 2.45) is 11.8 Å². The Morgan fingerprint density at radius 1 is 1.11 bits per heavy atom. The molecule has 0 radical (unpaired) electrons. The van der Waals surface area contributed by atoms with Crippen molar-refractivity contribution in [1.29, 1.82) is 0 Å². The highest BCUT2D eigenvalue weighted by molar-refractivity contribution is 7.89. The highest BCUT2D eigenvalue weighted by atomic mass is 35.5. The first-order valence-electron chi connectivity index (χ1n) is 9.20. The third kappa shape index (κ3) is 4.63. The molecule has 1 aliphatic heterocycles. The van der Waals surface area contributed by atoms with Crippen molar-refractivity contribution in [2.75, 3.05) is 26.2 Å². The summed E-state index contributed by atoms with van der Waals surface area (Å²) in [5.41, 5.74) is 0. The predicted molar refractivity (Wildman–Crippen MR) is 98.3 cm³/mol. The van der Waals surface area contributed by atoms with E-state index in [1.807, 2.05) is 0 Å². The molecule has 0 spiro atoms. The topological polar surface area (TPSA) is 57.7 Å². The summed E-state index contributed by atoms with van der Waals surface area (Å²) in [7, 11) is -3.72. The maximum absolute atomic E-state index is 13.0. The zero-order chi connectivity index (χ0) is 20.5.